The summed E-state index contributed by atoms with van der Waals surface area (Å²) in [5, 5.41) is 2.75. The number of rotatable bonds is 5. The van der Waals surface area contributed by atoms with Crippen molar-refractivity contribution in [2.24, 2.45) is 0 Å². The largest absolute Gasteiger partial charge is 0.444 e. The van der Waals surface area contributed by atoms with Crippen molar-refractivity contribution in [3.63, 3.8) is 0 Å². The van der Waals surface area contributed by atoms with E-state index in [-0.39, 0.29) is 36.6 Å². The van der Waals surface area contributed by atoms with Gasteiger partial charge in [-0.15, -0.1) is 0 Å². The van der Waals surface area contributed by atoms with Crippen molar-refractivity contribution in [3.05, 3.63) is 46.5 Å². The lowest BCUT2D eigenvalue weighted by Gasteiger charge is -2.37. The van der Waals surface area contributed by atoms with Gasteiger partial charge in [-0.1, -0.05) is 0 Å². The SMILES string of the molecule is CC(C)(C)OC(=O)N[C@H]1C[C@@H](F)CN(c2ccncc2CC(=O)c2nc(Br)ccc2N)C1. The van der Waals surface area contributed by atoms with E-state index in [0.29, 0.717) is 22.4 Å². The average molecular weight is 508 g/mol. The number of hydrogen-bond donors (Lipinski definition) is 2. The standard InChI is InChI=1S/C22H27BrFN5O3/c1-22(2,3)32-21(31)27-15-9-14(24)11-29(12-15)17-6-7-26-10-13(17)8-18(30)20-16(25)4-5-19(23)28-20/h4-7,10,14-15H,8-9,11-12,25H2,1-3H3,(H,27,31)/t14-,15+/m1/s1. The molecule has 0 radical (unpaired) electrons. The predicted molar refractivity (Wildman–Crippen MR) is 124 cm³/mol. The van der Waals surface area contributed by atoms with Crippen LogP contribution in [0, 0.1) is 0 Å². The molecule has 1 amide bonds. The van der Waals surface area contributed by atoms with Crippen LogP contribution in [0.15, 0.2) is 35.2 Å². The van der Waals surface area contributed by atoms with Crippen molar-refractivity contribution in [3.8, 4) is 0 Å². The third-order valence-electron chi connectivity index (χ3n) is 4.85. The van der Waals surface area contributed by atoms with E-state index in [1.165, 1.54) is 0 Å². The Labute approximate surface area is 194 Å². The minimum atomic E-state index is -1.15. The summed E-state index contributed by atoms with van der Waals surface area (Å²) in [5.41, 5.74) is 7.04. The van der Waals surface area contributed by atoms with Crippen LogP contribution in [0.5, 0.6) is 0 Å². The van der Waals surface area contributed by atoms with Gasteiger partial charge in [-0.05, 0) is 54.9 Å². The van der Waals surface area contributed by atoms with E-state index >= 15 is 0 Å². The van der Waals surface area contributed by atoms with Crippen molar-refractivity contribution in [1.82, 2.24) is 15.3 Å². The molecule has 1 aliphatic heterocycles. The van der Waals surface area contributed by atoms with Gasteiger partial charge in [0, 0.05) is 49.6 Å². The molecule has 0 unspecified atom stereocenters. The fraction of sp³-hybridized carbons (Fsp3) is 0.455. The number of ketones is 1. The number of ether oxygens (including phenoxy) is 1. The Hall–Kier alpha value is -2.75. The fourth-order valence-electron chi connectivity index (χ4n) is 3.60. The minimum absolute atomic E-state index is 0.00837. The maximum atomic E-state index is 14.6. The highest BCUT2D eigenvalue weighted by atomic mass is 79.9. The quantitative estimate of drug-likeness (QED) is 0.468. The number of alkyl carbamates (subject to hydrolysis) is 1. The number of nitrogen functional groups attached to an aromatic ring is 1. The van der Waals surface area contributed by atoms with Gasteiger partial charge >= 0.3 is 6.09 Å². The molecule has 32 heavy (non-hydrogen) atoms. The predicted octanol–water partition coefficient (Wildman–Crippen LogP) is 3.69. The van der Waals surface area contributed by atoms with Crippen LogP contribution < -0.4 is 16.0 Å². The first-order chi connectivity index (χ1) is 15.0. The number of halogens is 2. The summed E-state index contributed by atoms with van der Waals surface area (Å²) in [4.78, 5) is 35.2. The first-order valence-electron chi connectivity index (χ1n) is 10.3. The van der Waals surface area contributed by atoms with Gasteiger partial charge in [-0.3, -0.25) is 9.78 Å². The van der Waals surface area contributed by atoms with E-state index in [1.54, 1.807) is 51.4 Å². The molecule has 2 aromatic heterocycles. The maximum Gasteiger partial charge on any atom is 0.407 e. The number of nitrogens with two attached hydrogens (primary N) is 1. The van der Waals surface area contributed by atoms with Crippen molar-refractivity contribution in [2.45, 2.75) is 51.4 Å². The van der Waals surface area contributed by atoms with Gasteiger partial charge in [0.05, 0.1) is 11.7 Å². The van der Waals surface area contributed by atoms with Gasteiger partial charge in [-0.25, -0.2) is 14.2 Å². The van der Waals surface area contributed by atoms with E-state index in [9.17, 15) is 14.0 Å². The lowest BCUT2D eigenvalue weighted by atomic mass is 10.0. The minimum Gasteiger partial charge on any atom is -0.444 e. The van der Waals surface area contributed by atoms with Crippen LogP contribution in [0.1, 0.15) is 43.2 Å². The zero-order valence-electron chi connectivity index (χ0n) is 18.3. The van der Waals surface area contributed by atoms with Gasteiger partial charge in [0.15, 0.2) is 5.78 Å². The summed E-state index contributed by atoms with van der Waals surface area (Å²) < 4.78 is 20.4. The van der Waals surface area contributed by atoms with Crippen LogP contribution in [0.3, 0.4) is 0 Å². The van der Waals surface area contributed by atoms with Gasteiger partial charge in [0.1, 0.15) is 22.1 Å². The van der Waals surface area contributed by atoms with Crippen molar-refractivity contribution < 1.29 is 18.7 Å². The normalized spacial score (nSPS) is 18.8. The second-order valence-electron chi connectivity index (χ2n) is 8.76. The number of carbonyl (C=O) groups is 2. The smallest absolute Gasteiger partial charge is 0.407 e. The number of hydrogen-bond acceptors (Lipinski definition) is 7. The molecular formula is C22H27BrFN5O3. The maximum absolute atomic E-state index is 14.6. The Balaban J connectivity index is 1.77. The molecule has 2 aromatic rings. The summed E-state index contributed by atoms with van der Waals surface area (Å²) in [6.07, 6.45) is 1.63. The van der Waals surface area contributed by atoms with Gasteiger partial charge in [0.2, 0.25) is 0 Å². The van der Waals surface area contributed by atoms with Crippen LogP contribution in [-0.2, 0) is 11.2 Å². The lowest BCUT2D eigenvalue weighted by Crippen LogP contribution is -2.52. The Kier molecular flexibility index (Phi) is 7.33. The molecule has 2 atom stereocenters. The molecule has 3 rings (SSSR count). The van der Waals surface area contributed by atoms with Gasteiger partial charge < -0.3 is 20.7 Å². The fourth-order valence-corrected chi connectivity index (χ4v) is 3.91. The zero-order valence-corrected chi connectivity index (χ0v) is 19.9. The van der Waals surface area contributed by atoms with Crippen molar-refractivity contribution in [1.29, 1.82) is 0 Å². The molecular weight excluding hydrogens is 481 g/mol. The van der Waals surface area contributed by atoms with Crippen LogP contribution in [0.2, 0.25) is 0 Å². The number of aromatic nitrogens is 2. The van der Waals surface area contributed by atoms with E-state index in [1.807, 2.05) is 4.90 Å². The summed E-state index contributed by atoms with van der Waals surface area (Å²) in [5.74, 6) is -0.268. The van der Waals surface area contributed by atoms with Crippen LogP contribution in [0.4, 0.5) is 20.6 Å². The molecule has 1 aliphatic rings. The molecule has 1 saturated heterocycles. The number of Topliss-reactive ketones (excluding diaryl/α,β-unsaturated/α-hetero) is 1. The monoisotopic (exact) mass is 507 g/mol. The zero-order chi connectivity index (χ0) is 23.5. The van der Waals surface area contributed by atoms with E-state index in [2.05, 4.69) is 31.2 Å². The third-order valence-corrected chi connectivity index (χ3v) is 5.29. The highest BCUT2D eigenvalue weighted by molar-refractivity contribution is 9.10. The highest BCUT2D eigenvalue weighted by Gasteiger charge is 2.31. The number of carbonyl (C=O) groups excluding carboxylic acids is 2. The lowest BCUT2D eigenvalue weighted by molar-refractivity contribution is 0.0490. The second kappa shape index (κ2) is 9.81. The topological polar surface area (TPSA) is 110 Å². The molecule has 0 bridgehead atoms. The van der Waals surface area contributed by atoms with Crippen molar-refractivity contribution >= 4 is 39.2 Å². The highest BCUT2D eigenvalue weighted by Crippen LogP contribution is 2.27. The first-order valence-corrected chi connectivity index (χ1v) is 11.1. The molecule has 0 spiro atoms. The third kappa shape index (κ3) is 6.38. The Morgan fingerprint density at radius 3 is 2.78 bits per heavy atom. The summed E-state index contributed by atoms with van der Waals surface area (Å²) in [7, 11) is 0. The average Bonchev–Trinajstić information content (AvgIpc) is 2.68. The van der Waals surface area contributed by atoms with Gasteiger partial charge in [-0.2, -0.15) is 0 Å². The van der Waals surface area contributed by atoms with E-state index in [0.717, 1.165) is 0 Å². The Morgan fingerprint density at radius 2 is 2.06 bits per heavy atom. The molecule has 1 fully saturated rings. The summed E-state index contributed by atoms with van der Waals surface area (Å²) in [6.45, 7) is 5.83. The van der Waals surface area contributed by atoms with Crippen LogP contribution >= 0.6 is 15.9 Å². The number of piperidine rings is 1. The molecule has 172 valence electrons. The summed E-state index contributed by atoms with van der Waals surface area (Å²) >= 11 is 3.25. The van der Waals surface area contributed by atoms with Crippen molar-refractivity contribution in [2.75, 3.05) is 23.7 Å². The van der Waals surface area contributed by atoms with Gasteiger partial charge in [0.25, 0.3) is 0 Å². The van der Waals surface area contributed by atoms with Crippen LogP contribution in [0.25, 0.3) is 0 Å². The van der Waals surface area contributed by atoms with E-state index in [4.69, 9.17) is 10.5 Å². The number of alkyl halides is 1. The molecule has 0 aliphatic carbocycles. The molecule has 0 saturated carbocycles. The number of amides is 1. The van der Waals surface area contributed by atoms with Crippen LogP contribution in [-0.4, -0.2) is 52.7 Å². The number of nitrogens with one attached hydrogen (secondary N) is 1. The molecule has 8 nitrogen and oxygen atoms in total. The second-order valence-corrected chi connectivity index (χ2v) is 9.57. The molecule has 10 heteroatoms. The number of nitrogens with zero attached hydrogens (tertiary/aromatic N) is 3. The molecule has 3 heterocycles. The molecule has 3 N–H and O–H groups in total. The van der Waals surface area contributed by atoms with E-state index < -0.39 is 23.9 Å². The summed E-state index contributed by atoms with van der Waals surface area (Å²) in [6, 6.07) is 4.57. The number of pyridine rings is 2. The number of anilines is 2. The molecule has 0 aromatic carbocycles. The first kappa shape index (κ1) is 23.9. The Bertz CT molecular complexity index is 998. The Morgan fingerprint density at radius 1 is 1.31 bits per heavy atom.